The number of carbonyl (C=O) groups is 1. The largest absolute Gasteiger partial charge is 0.548 e. The SMILES string of the molecule is CN=C(N)NCCCC(N)C(=O)[O-]. The minimum absolute atomic E-state index is 0.335. The van der Waals surface area contributed by atoms with Crippen molar-refractivity contribution in [1.82, 2.24) is 5.32 Å². The highest BCUT2D eigenvalue weighted by Gasteiger charge is 2.01. The molecular formula is C7H15N4O2-. The summed E-state index contributed by atoms with van der Waals surface area (Å²) in [4.78, 5) is 13.8. The maximum absolute atomic E-state index is 10.2. The molecule has 0 saturated heterocycles. The van der Waals surface area contributed by atoms with Gasteiger partial charge in [0.1, 0.15) is 0 Å². The number of guanidine groups is 1. The molecule has 0 fully saturated rings. The second-order valence-electron chi connectivity index (χ2n) is 2.60. The predicted molar refractivity (Wildman–Crippen MR) is 47.8 cm³/mol. The average Bonchev–Trinajstić information content (AvgIpc) is 2.11. The van der Waals surface area contributed by atoms with E-state index in [0.717, 1.165) is 0 Å². The Bertz CT molecular complexity index is 193. The van der Waals surface area contributed by atoms with E-state index in [1.165, 1.54) is 0 Å². The first-order valence-electron chi connectivity index (χ1n) is 4.00. The molecule has 0 aliphatic heterocycles. The Morgan fingerprint density at radius 3 is 2.77 bits per heavy atom. The van der Waals surface area contributed by atoms with Gasteiger partial charge in [-0.1, -0.05) is 0 Å². The molecule has 0 radical (unpaired) electrons. The van der Waals surface area contributed by atoms with Gasteiger partial charge in [-0.2, -0.15) is 0 Å². The van der Waals surface area contributed by atoms with Gasteiger partial charge in [0, 0.05) is 19.6 Å². The van der Waals surface area contributed by atoms with Gasteiger partial charge < -0.3 is 26.7 Å². The summed E-state index contributed by atoms with van der Waals surface area (Å²) in [6, 6.07) is -0.901. The lowest BCUT2D eigenvalue weighted by Gasteiger charge is -2.12. The zero-order valence-electron chi connectivity index (χ0n) is 7.62. The summed E-state index contributed by atoms with van der Waals surface area (Å²) in [7, 11) is 1.56. The molecule has 13 heavy (non-hydrogen) atoms. The van der Waals surface area contributed by atoms with Crippen LogP contribution in [0.5, 0.6) is 0 Å². The van der Waals surface area contributed by atoms with Crippen molar-refractivity contribution < 1.29 is 9.90 Å². The van der Waals surface area contributed by atoms with Crippen molar-refractivity contribution in [2.24, 2.45) is 16.5 Å². The van der Waals surface area contributed by atoms with Gasteiger partial charge in [0.2, 0.25) is 0 Å². The van der Waals surface area contributed by atoms with Crippen LogP contribution in [0.1, 0.15) is 12.8 Å². The van der Waals surface area contributed by atoms with Gasteiger partial charge in [0.05, 0.1) is 5.97 Å². The van der Waals surface area contributed by atoms with Crippen LogP contribution in [0, 0.1) is 0 Å². The van der Waals surface area contributed by atoms with Crippen molar-refractivity contribution in [2.45, 2.75) is 18.9 Å². The molecule has 0 amide bonds. The number of nitrogens with one attached hydrogen (secondary N) is 1. The second kappa shape index (κ2) is 6.24. The summed E-state index contributed by atoms with van der Waals surface area (Å²) < 4.78 is 0. The monoisotopic (exact) mass is 187 g/mol. The first-order chi connectivity index (χ1) is 6.07. The van der Waals surface area contributed by atoms with Crippen LogP contribution in [0.15, 0.2) is 4.99 Å². The molecular weight excluding hydrogens is 172 g/mol. The van der Waals surface area contributed by atoms with Crippen molar-refractivity contribution in [3.05, 3.63) is 0 Å². The molecule has 76 valence electrons. The fraction of sp³-hybridized carbons (Fsp3) is 0.714. The van der Waals surface area contributed by atoms with E-state index in [0.29, 0.717) is 25.3 Å². The average molecular weight is 187 g/mol. The number of carbonyl (C=O) groups excluding carboxylic acids is 1. The minimum atomic E-state index is -1.22. The van der Waals surface area contributed by atoms with Crippen LogP contribution in [-0.2, 0) is 4.79 Å². The third kappa shape index (κ3) is 5.92. The number of aliphatic carboxylic acids is 1. The van der Waals surface area contributed by atoms with Crippen molar-refractivity contribution in [1.29, 1.82) is 0 Å². The number of aliphatic imine (C=N–C) groups is 1. The van der Waals surface area contributed by atoms with Crippen molar-refractivity contribution in [3.8, 4) is 0 Å². The highest BCUT2D eigenvalue weighted by Crippen LogP contribution is 1.91. The van der Waals surface area contributed by atoms with E-state index in [-0.39, 0.29) is 0 Å². The van der Waals surface area contributed by atoms with Crippen LogP contribution < -0.4 is 21.9 Å². The third-order valence-corrected chi connectivity index (χ3v) is 1.54. The molecule has 0 rings (SSSR count). The van der Waals surface area contributed by atoms with E-state index in [2.05, 4.69) is 10.3 Å². The van der Waals surface area contributed by atoms with Crippen molar-refractivity contribution >= 4 is 11.9 Å². The fourth-order valence-electron chi connectivity index (χ4n) is 0.735. The van der Waals surface area contributed by atoms with Gasteiger partial charge in [0.15, 0.2) is 5.96 Å². The molecule has 0 aromatic rings. The van der Waals surface area contributed by atoms with Crippen LogP contribution in [-0.4, -0.2) is 31.6 Å². The zero-order chi connectivity index (χ0) is 10.3. The van der Waals surface area contributed by atoms with E-state index in [1.54, 1.807) is 7.05 Å². The number of carboxylic acid groups (broad SMARTS) is 1. The maximum atomic E-state index is 10.2. The molecule has 5 N–H and O–H groups in total. The summed E-state index contributed by atoms with van der Waals surface area (Å²) in [5, 5.41) is 13.0. The van der Waals surface area contributed by atoms with Crippen molar-refractivity contribution in [3.63, 3.8) is 0 Å². The molecule has 0 aliphatic carbocycles. The Kier molecular flexibility index (Phi) is 5.62. The van der Waals surface area contributed by atoms with Gasteiger partial charge in [-0.25, -0.2) is 0 Å². The van der Waals surface area contributed by atoms with E-state index in [4.69, 9.17) is 11.5 Å². The molecule has 0 aliphatic rings. The first kappa shape index (κ1) is 11.7. The molecule has 1 unspecified atom stereocenters. The molecule has 0 aromatic heterocycles. The topological polar surface area (TPSA) is 117 Å². The smallest absolute Gasteiger partial charge is 0.188 e. The standard InChI is InChI=1S/C7H16N4O2/c1-10-7(9)11-4-2-3-5(8)6(12)13/h5H,2-4,8H2,1H3,(H,12,13)(H3,9,10,11)/p-1. The van der Waals surface area contributed by atoms with Crippen LogP contribution in [0.25, 0.3) is 0 Å². The summed E-state index contributed by atoms with van der Waals surface area (Å²) in [6.45, 7) is 0.560. The molecule has 0 heterocycles. The second-order valence-corrected chi connectivity index (χ2v) is 2.60. The molecule has 0 spiro atoms. The minimum Gasteiger partial charge on any atom is -0.548 e. The van der Waals surface area contributed by atoms with E-state index in [9.17, 15) is 9.90 Å². The molecule has 0 bridgehead atoms. The van der Waals surface area contributed by atoms with Gasteiger partial charge in [-0.3, -0.25) is 4.99 Å². The van der Waals surface area contributed by atoms with E-state index >= 15 is 0 Å². The van der Waals surface area contributed by atoms with E-state index < -0.39 is 12.0 Å². The predicted octanol–water partition coefficient (Wildman–Crippen LogP) is -2.62. The lowest BCUT2D eigenvalue weighted by molar-refractivity contribution is -0.307. The Balaban J connectivity index is 3.41. The third-order valence-electron chi connectivity index (χ3n) is 1.54. The summed E-state index contributed by atoms with van der Waals surface area (Å²) >= 11 is 0. The highest BCUT2D eigenvalue weighted by molar-refractivity contribution is 5.77. The molecule has 1 atom stereocenters. The Morgan fingerprint density at radius 2 is 2.31 bits per heavy atom. The number of nitrogens with two attached hydrogens (primary N) is 2. The summed E-state index contributed by atoms with van der Waals surface area (Å²) in [5.74, 6) is -0.890. The Labute approximate surface area is 77.0 Å². The summed E-state index contributed by atoms with van der Waals surface area (Å²) in [6.07, 6.45) is 0.984. The molecule has 6 nitrogen and oxygen atoms in total. The van der Waals surface area contributed by atoms with Gasteiger partial charge in [-0.05, 0) is 12.8 Å². The molecule has 0 saturated carbocycles. The van der Waals surface area contributed by atoms with Crippen LogP contribution in [0.3, 0.4) is 0 Å². The summed E-state index contributed by atoms with van der Waals surface area (Å²) in [5.41, 5.74) is 10.5. The number of rotatable bonds is 5. The van der Waals surface area contributed by atoms with E-state index in [1.807, 2.05) is 0 Å². The van der Waals surface area contributed by atoms with Gasteiger partial charge in [-0.15, -0.1) is 0 Å². The lowest BCUT2D eigenvalue weighted by Crippen LogP contribution is -2.42. The van der Waals surface area contributed by atoms with Gasteiger partial charge in [0.25, 0.3) is 0 Å². The zero-order valence-corrected chi connectivity index (χ0v) is 7.62. The van der Waals surface area contributed by atoms with Crippen molar-refractivity contribution in [2.75, 3.05) is 13.6 Å². The van der Waals surface area contributed by atoms with Gasteiger partial charge >= 0.3 is 0 Å². The van der Waals surface area contributed by atoms with Crippen LogP contribution >= 0.6 is 0 Å². The highest BCUT2D eigenvalue weighted by atomic mass is 16.4. The molecule has 0 aromatic carbocycles. The maximum Gasteiger partial charge on any atom is 0.188 e. The quantitative estimate of drug-likeness (QED) is 0.247. The normalized spacial score (nSPS) is 13.8. The number of hydrogen-bond donors (Lipinski definition) is 3. The number of nitrogens with zero attached hydrogens (tertiary/aromatic N) is 1. The Hall–Kier alpha value is -1.30. The van der Waals surface area contributed by atoms with Crippen LogP contribution in [0.4, 0.5) is 0 Å². The Morgan fingerprint density at radius 1 is 1.69 bits per heavy atom. The molecule has 6 heteroatoms. The number of hydrogen-bond acceptors (Lipinski definition) is 4. The fourth-order valence-corrected chi connectivity index (χ4v) is 0.735. The van der Waals surface area contributed by atoms with Crippen LogP contribution in [0.2, 0.25) is 0 Å². The lowest BCUT2D eigenvalue weighted by atomic mass is 10.2. The number of carboxylic acids is 1. The first-order valence-corrected chi connectivity index (χ1v) is 4.00.